The maximum Gasteiger partial charge on any atom is 0.114 e. The molecule has 1 atom stereocenters. The summed E-state index contributed by atoms with van der Waals surface area (Å²) in [6.45, 7) is 2.65. The highest BCUT2D eigenvalue weighted by Crippen LogP contribution is 2.25. The Labute approximate surface area is 126 Å². The maximum atomic E-state index is 10.9. The van der Waals surface area contributed by atoms with E-state index in [1.807, 2.05) is 30.3 Å². The van der Waals surface area contributed by atoms with Gasteiger partial charge in [-0.1, -0.05) is 54.6 Å². The molecule has 0 saturated heterocycles. The highest BCUT2D eigenvalue weighted by Gasteiger charge is 2.31. The molecule has 2 aromatic rings. The summed E-state index contributed by atoms with van der Waals surface area (Å²) in [4.78, 5) is 2.29. The number of nitrogens with two attached hydrogens (primary N) is 1. The highest BCUT2D eigenvalue weighted by atomic mass is 16.3. The number of rotatable bonds is 4. The molecule has 1 heterocycles. The van der Waals surface area contributed by atoms with Crippen molar-refractivity contribution < 1.29 is 5.11 Å². The van der Waals surface area contributed by atoms with Crippen LogP contribution in [0.4, 0.5) is 0 Å². The molecular formula is C18H22N2O. The Kier molecular flexibility index (Phi) is 4.06. The van der Waals surface area contributed by atoms with Gasteiger partial charge in [0, 0.05) is 26.2 Å². The van der Waals surface area contributed by atoms with E-state index in [9.17, 15) is 5.11 Å². The molecule has 1 aliphatic heterocycles. The van der Waals surface area contributed by atoms with Crippen LogP contribution in [0.2, 0.25) is 0 Å². The Hall–Kier alpha value is -1.68. The van der Waals surface area contributed by atoms with Crippen molar-refractivity contribution in [1.29, 1.82) is 0 Å². The van der Waals surface area contributed by atoms with Crippen LogP contribution in [0.1, 0.15) is 16.7 Å². The standard InChI is InChI=1S/C18H22N2O/c19-13-18(21,17-8-2-1-3-9-17)14-20-11-10-15-6-4-5-7-16(15)12-20/h1-9,21H,10-14,19H2. The Morgan fingerprint density at radius 3 is 2.38 bits per heavy atom. The zero-order chi connectivity index (χ0) is 14.7. The van der Waals surface area contributed by atoms with E-state index in [1.54, 1.807) is 0 Å². The van der Waals surface area contributed by atoms with Gasteiger partial charge >= 0.3 is 0 Å². The van der Waals surface area contributed by atoms with Crippen molar-refractivity contribution in [3.8, 4) is 0 Å². The third-order valence-electron chi connectivity index (χ3n) is 4.34. The Morgan fingerprint density at radius 1 is 1.00 bits per heavy atom. The molecule has 0 amide bonds. The van der Waals surface area contributed by atoms with Crippen molar-refractivity contribution in [3.63, 3.8) is 0 Å². The van der Waals surface area contributed by atoms with Crippen LogP contribution in [0.5, 0.6) is 0 Å². The first kappa shape index (κ1) is 14.3. The molecule has 0 radical (unpaired) electrons. The van der Waals surface area contributed by atoms with Gasteiger partial charge in [0.2, 0.25) is 0 Å². The topological polar surface area (TPSA) is 49.5 Å². The first-order valence-corrected chi connectivity index (χ1v) is 7.48. The Bertz CT molecular complexity index is 599. The van der Waals surface area contributed by atoms with Gasteiger partial charge in [-0.25, -0.2) is 0 Å². The molecule has 1 unspecified atom stereocenters. The lowest BCUT2D eigenvalue weighted by Gasteiger charge is -2.36. The second kappa shape index (κ2) is 5.98. The van der Waals surface area contributed by atoms with E-state index >= 15 is 0 Å². The number of fused-ring (bicyclic) bond motifs is 1. The monoisotopic (exact) mass is 282 g/mol. The van der Waals surface area contributed by atoms with Gasteiger partial charge in [0.1, 0.15) is 5.60 Å². The Balaban J connectivity index is 1.77. The van der Waals surface area contributed by atoms with Gasteiger partial charge in [-0.05, 0) is 23.1 Å². The quantitative estimate of drug-likeness (QED) is 0.900. The van der Waals surface area contributed by atoms with Crippen molar-refractivity contribution >= 4 is 0 Å². The van der Waals surface area contributed by atoms with E-state index in [0.29, 0.717) is 6.54 Å². The van der Waals surface area contributed by atoms with Crippen LogP contribution >= 0.6 is 0 Å². The predicted octanol–water partition coefficient (Wildman–Crippen LogP) is 1.89. The van der Waals surface area contributed by atoms with E-state index < -0.39 is 5.60 Å². The molecule has 2 aromatic carbocycles. The van der Waals surface area contributed by atoms with E-state index in [1.165, 1.54) is 11.1 Å². The third kappa shape index (κ3) is 3.00. The van der Waals surface area contributed by atoms with Gasteiger partial charge in [0.05, 0.1) is 0 Å². The van der Waals surface area contributed by atoms with Crippen LogP contribution in [-0.2, 0) is 18.6 Å². The average molecular weight is 282 g/mol. The minimum Gasteiger partial charge on any atom is -0.382 e. The average Bonchev–Trinajstić information content (AvgIpc) is 2.55. The zero-order valence-electron chi connectivity index (χ0n) is 12.2. The fourth-order valence-electron chi connectivity index (χ4n) is 3.08. The smallest absolute Gasteiger partial charge is 0.114 e. The SMILES string of the molecule is NCC(O)(CN1CCc2ccccc2C1)c1ccccc1. The molecule has 0 aromatic heterocycles. The van der Waals surface area contributed by atoms with Gasteiger partial charge < -0.3 is 10.8 Å². The maximum absolute atomic E-state index is 10.9. The van der Waals surface area contributed by atoms with Crippen LogP contribution in [0.15, 0.2) is 54.6 Å². The van der Waals surface area contributed by atoms with Crippen molar-refractivity contribution in [1.82, 2.24) is 4.90 Å². The van der Waals surface area contributed by atoms with Crippen molar-refractivity contribution in [3.05, 3.63) is 71.3 Å². The highest BCUT2D eigenvalue weighted by molar-refractivity contribution is 5.29. The number of hydrogen-bond acceptors (Lipinski definition) is 3. The van der Waals surface area contributed by atoms with Gasteiger partial charge in [-0.3, -0.25) is 4.90 Å². The fourth-order valence-corrected chi connectivity index (χ4v) is 3.08. The minimum absolute atomic E-state index is 0.231. The lowest BCUT2D eigenvalue weighted by atomic mass is 9.91. The molecule has 3 nitrogen and oxygen atoms in total. The van der Waals surface area contributed by atoms with Gasteiger partial charge in [0.15, 0.2) is 0 Å². The second-order valence-corrected chi connectivity index (χ2v) is 5.83. The van der Waals surface area contributed by atoms with Crippen molar-refractivity contribution in [2.24, 2.45) is 5.73 Å². The molecule has 0 spiro atoms. The van der Waals surface area contributed by atoms with E-state index in [0.717, 1.165) is 25.1 Å². The van der Waals surface area contributed by atoms with Crippen LogP contribution in [0.25, 0.3) is 0 Å². The lowest BCUT2D eigenvalue weighted by Crippen LogP contribution is -2.47. The molecule has 0 fully saturated rings. The van der Waals surface area contributed by atoms with Crippen LogP contribution < -0.4 is 5.73 Å². The summed E-state index contributed by atoms with van der Waals surface area (Å²) < 4.78 is 0. The summed E-state index contributed by atoms with van der Waals surface area (Å²) >= 11 is 0. The fraction of sp³-hybridized carbons (Fsp3) is 0.333. The largest absolute Gasteiger partial charge is 0.382 e. The molecule has 0 bridgehead atoms. The molecule has 1 aliphatic rings. The number of aliphatic hydroxyl groups is 1. The number of hydrogen-bond donors (Lipinski definition) is 2. The summed E-state index contributed by atoms with van der Waals surface area (Å²) in [6.07, 6.45) is 1.03. The molecule has 0 aliphatic carbocycles. The van der Waals surface area contributed by atoms with E-state index in [-0.39, 0.29) is 6.54 Å². The normalized spacial score (nSPS) is 18.0. The van der Waals surface area contributed by atoms with E-state index in [2.05, 4.69) is 29.2 Å². The number of nitrogens with zero attached hydrogens (tertiary/aromatic N) is 1. The molecule has 0 saturated carbocycles. The number of benzene rings is 2. The van der Waals surface area contributed by atoms with Gasteiger partial charge in [-0.2, -0.15) is 0 Å². The zero-order valence-corrected chi connectivity index (χ0v) is 12.2. The van der Waals surface area contributed by atoms with Crippen LogP contribution in [0.3, 0.4) is 0 Å². The van der Waals surface area contributed by atoms with Crippen LogP contribution in [-0.4, -0.2) is 29.6 Å². The van der Waals surface area contributed by atoms with Crippen molar-refractivity contribution in [2.45, 2.75) is 18.6 Å². The summed E-state index contributed by atoms with van der Waals surface area (Å²) in [5, 5.41) is 10.9. The molecule has 3 heteroatoms. The molecule has 21 heavy (non-hydrogen) atoms. The summed E-state index contributed by atoms with van der Waals surface area (Å²) in [5.74, 6) is 0. The van der Waals surface area contributed by atoms with Gasteiger partial charge in [-0.15, -0.1) is 0 Å². The van der Waals surface area contributed by atoms with E-state index in [4.69, 9.17) is 5.73 Å². The summed E-state index contributed by atoms with van der Waals surface area (Å²) in [5.41, 5.74) is 8.57. The van der Waals surface area contributed by atoms with Gasteiger partial charge in [0.25, 0.3) is 0 Å². The van der Waals surface area contributed by atoms with Crippen molar-refractivity contribution in [2.75, 3.05) is 19.6 Å². The third-order valence-corrected chi connectivity index (χ3v) is 4.34. The first-order valence-electron chi connectivity index (χ1n) is 7.48. The van der Waals surface area contributed by atoms with Crippen LogP contribution in [0, 0.1) is 0 Å². The predicted molar refractivity (Wildman–Crippen MR) is 84.8 cm³/mol. The molecule has 3 rings (SSSR count). The lowest BCUT2D eigenvalue weighted by molar-refractivity contribution is 0.00290. The summed E-state index contributed by atoms with van der Waals surface area (Å²) in [7, 11) is 0. The molecule has 3 N–H and O–H groups in total. The first-order chi connectivity index (χ1) is 10.2. The summed E-state index contributed by atoms with van der Waals surface area (Å²) in [6, 6.07) is 18.3. The number of β-amino-alcohol motifs (C(OH)–C–C–N with tert-alkyl or cyclic N) is 1. The molecular weight excluding hydrogens is 260 g/mol. The molecule has 110 valence electrons. The minimum atomic E-state index is -0.979. The Morgan fingerprint density at radius 2 is 1.67 bits per heavy atom. The second-order valence-electron chi connectivity index (χ2n) is 5.83.